The van der Waals surface area contributed by atoms with Gasteiger partial charge in [-0.2, -0.15) is 0 Å². The third kappa shape index (κ3) is 5.42. The number of para-hydroxylation sites is 1. The highest BCUT2D eigenvalue weighted by Crippen LogP contribution is 2.21. The van der Waals surface area contributed by atoms with Gasteiger partial charge in [0.2, 0.25) is 5.91 Å². The molecule has 0 saturated heterocycles. The molecule has 0 radical (unpaired) electrons. The lowest BCUT2D eigenvalue weighted by Crippen LogP contribution is -2.25. The monoisotopic (exact) mass is 410 g/mol. The van der Waals surface area contributed by atoms with Crippen molar-refractivity contribution in [2.75, 3.05) is 5.32 Å². The summed E-state index contributed by atoms with van der Waals surface area (Å²) in [6.45, 7) is 2.36. The van der Waals surface area contributed by atoms with Crippen molar-refractivity contribution in [3.63, 3.8) is 0 Å². The second kappa shape index (κ2) is 9.34. The molecule has 0 aliphatic rings. The van der Waals surface area contributed by atoms with Crippen LogP contribution in [0.25, 0.3) is 0 Å². The Morgan fingerprint density at radius 3 is 2.41 bits per heavy atom. The predicted octanol–water partition coefficient (Wildman–Crippen LogP) is 4.90. The van der Waals surface area contributed by atoms with E-state index >= 15 is 0 Å². The first-order valence-electron chi connectivity index (χ1n) is 9.09. The first kappa shape index (κ1) is 20.6. The van der Waals surface area contributed by atoms with Crippen LogP contribution in [0.15, 0.2) is 66.7 Å². The Morgan fingerprint density at radius 2 is 1.69 bits per heavy atom. The zero-order valence-corrected chi connectivity index (χ0v) is 16.6. The maximum absolute atomic E-state index is 13.9. The van der Waals surface area contributed by atoms with Crippen molar-refractivity contribution in [3.8, 4) is 0 Å². The van der Waals surface area contributed by atoms with E-state index in [1.807, 2.05) is 31.2 Å². The summed E-state index contributed by atoms with van der Waals surface area (Å²) in [5.74, 6) is -1.32. The predicted molar refractivity (Wildman–Crippen MR) is 113 cm³/mol. The van der Waals surface area contributed by atoms with Crippen LogP contribution in [0.1, 0.15) is 27.0 Å². The molecular formula is C23H20ClFN2O2. The second-order valence-electron chi connectivity index (χ2n) is 6.64. The maximum atomic E-state index is 13.9. The van der Waals surface area contributed by atoms with Crippen LogP contribution < -0.4 is 10.6 Å². The van der Waals surface area contributed by atoms with Crippen LogP contribution in [0.3, 0.4) is 0 Å². The smallest absolute Gasteiger partial charge is 0.253 e. The molecular weight excluding hydrogens is 391 g/mol. The van der Waals surface area contributed by atoms with Crippen molar-refractivity contribution in [1.29, 1.82) is 0 Å². The topological polar surface area (TPSA) is 58.2 Å². The highest BCUT2D eigenvalue weighted by molar-refractivity contribution is 6.31. The van der Waals surface area contributed by atoms with Crippen molar-refractivity contribution in [2.45, 2.75) is 19.9 Å². The highest BCUT2D eigenvalue weighted by atomic mass is 35.5. The first-order valence-corrected chi connectivity index (χ1v) is 9.47. The zero-order valence-electron chi connectivity index (χ0n) is 15.8. The van der Waals surface area contributed by atoms with E-state index in [0.717, 1.165) is 11.1 Å². The lowest BCUT2D eigenvalue weighted by atomic mass is 10.1. The van der Waals surface area contributed by atoms with Gasteiger partial charge in [0, 0.05) is 17.1 Å². The summed E-state index contributed by atoms with van der Waals surface area (Å²) in [7, 11) is 0. The number of hydrogen-bond acceptors (Lipinski definition) is 2. The SMILES string of the molecule is Cc1ccc(CNC(=O)c2ccccc2NC(=O)Cc2c(F)cccc2Cl)cc1. The van der Waals surface area contributed by atoms with Crippen LogP contribution in [0.5, 0.6) is 0 Å². The normalized spacial score (nSPS) is 10.4. The average Bonchev–Trinajstić information content (AvgIpc) is 2.70. The number of benzene rings is 3. The van der Waals surface area contributed by atoms with Gasteiger partial charge < -0.3 is 10.6 Å². The van der Waals surface area contributed by atoms with Crippen molar-refractivity contribution >= 4 is 29.1 Å². The summed E-state index contributed by atoms with van der Waals surface area (Å²) in [5.41, 5.74) is 2.91. The molecule has 2 N–H and O–H groups in total. The van der Waals surface area contributed by atoms with Gasteiger partial charge in [-0.1, -0.05) is 59.6 Å². The van der Waals surface area contributed by atoms with Gasteiger partial charge >= 0.3 is 0 Å². The molecule has 3 rings (SSSR count). The number of anilines is 1. The molecule has 3 aromatic carbocycles. The minimum absolute atomic E-state index is 0.118. The van der Waals surface area contributed by atoms with Crippen LogP contribution in [0.2, 0.25) is 5.02 Å². The van der Waals surface area contributed by atoms with Gasteiger partial charge in [-0.25, -0.2) is 4.39 Å². The summed E-state index contributed by atoms with van der Waals surface area (Å²) >= 11 is 5.98. The number of rotatable bonds is 6. The number of halogens is 2. The standard InChI is InChI=1S/C23H20ClFN2O2/c1-15-9-11-16(12-10-15)14-26-23(29)17-5-2-3-8-21(17)27-22(28)13-18-19(24)6-4-7-20(18)25/h2-12H,13-14H2,1H3,(H,26,29)(H,27,28). The van der Waals surface area contributed by atoms with Gasteiger partial charge in [0.15, 0.2) is 0 Å². The summed E-state index contributed by atoms with van der Waals surface area (Å²) in [5, 5.41) is 5.70. The van der Waals surface area contributed by atoms with E-state index in [0.29, 0.717) is 17.8 Å². The number of carbonyl (C=O) groups excluding carboxylic acids is 2. The van der Waals surface area contributed by atoms with Crippen LogP contribution in [-0.2, 0) is 17.8 Å². The summed E-state index contributed by atoms with van der Waals surface area (Å²) in [4.78, 5) is 25.0. The average molecular weight is 411 g/mol. The molecule has 29 heavy (non-hydrogen) atoms. The Morgan fingerprint density at radius 1 is 0.966 bits per heavy atom. The van der Waals surface area contributed by atoms with Gasteiger partial charge in [0.1, 0.15) is 5.82 Å². The number of hydrogen-bond donors (Lipinski definition) is 2. The van der Waals surface area contributed by atoms with Crippen LogP contribution in [0.4, 0.5) is 10.1 Å². The lowest BCUT2D eigenvalue weighted by Gasteiger charge is -2.12. The molecule has 0 heterocycles. The largest absolute Gasteiger partial charge is 0.348 e. The minimum Gasteiger partial charge on any atom is -0.348 e. The third-order valence-electron chi connectivity index (χ3n) is 4.42. The Hall–Kier alpha value is -3.18. The molecule has 2 amide bonds. The Labute approximate surface area is 173 Å². The van der Waals surface area contributed by atoms with Crippen LogP contribution >= 0.6 is 11.6 Å². The van der Waals surface area contributed by atoms with Gasteiger partial charge in [-0.3, -0.25) is 9.59 Å². The van der Waals surface area contributed by atoms with Crippen molar-refractivity contribution in [3.05, 3.63) is 99.8 Å². The van der Waals surface area contributed by atoms with Gasteiger partial charge in [0.05, 0.1) is 17.7 Å². The molecule has 148 valence electrons. The fraction of sp³-hybridized carbons (Fsp3) is 0.130. The molecule has 0 aliphatic heterocycles. The second-order valence-corrected chi connectivity index (χ2v) is 7.05. The summed E-state index contributed by atoms with van der Waals surface area (Å²) < 4.78 is 13.9. The molecule has 0 spiro atoms. The van der Waals surface area contributed by atoms with Gasteiger partial charge in [-0.05, 0) is 36.8 Å². The van der Waals surface area contributed by atoms with E-state index in [1.54, 1.807) is 24.3 Å². The number of nitrogens with one attached hydrogen (secondary N) is 2. The van der Waals surface area contributed by atoms with E-state index in [-0.39, 0.29) is 22.9 Å². The van der Waals surface area contributed by atoms with E-state index in [2.05, 4.69) is 10.6 Å². The van der Waals surface area contributed by atoms with Gasteiger partial charge in [-0.15, -0.1) is 0 Å². The lowest BCUT2D eigenvalue weighted by molar-refractivity contribution is -0.115. The van der Waals surface area contributed by atoms with Gasteiger partial charge in [0.25, 0.3) is 5.91 Å². The molecule has 0 unspecified atom stereocenters. The van der Waals surface area contributed by atoms with E-state index < -0.39 is 11.7 Å². The van der Waals surface area contributed by atoms with E-state index in [4.69, 9.17) is 11.6 Å². The summed E-state index contributed by atoms with van der Waals surface area (Å²) in [6.07, 6.45) is -0.231. The molecule has 0 atom stereocenters. The first-order chi connectivity index (χ1) is 13.9. The zero-order chi connectivity index (χ0) is 20.8. The number of carbonyl (C=O) groups is 2. The molecule has 0 fully saturated rings. The molecule has 4 nitrogen and oxygen atoms in total. The van der Waals surface area contributed by atoms with Crippen molar-refractivity contribution < 1.29 is 14.0 Å². The van der Waals surface area contributed by atoms with E-state index in [9.17, 15) is 14.0 Å². The van der Waals surface area contributed by atoms with Crippen molar-refractivity contribution in [1.82, 2.24) is 5.32 Å². The quantitative estimate of drug-likeness (QED) is 0.607. The highest BCUT2D eigenvalue weighted by Gasteiger charge is 2.16. The molecule has 6 heteroatoms. The third-order valence-corrected chi connectivity index (χ3v) is 4.77. The Bertz CT molecular complexity index is 1020. The van der Waals surface area contributed by atoms with Crippen molar-refractivity contribution in [2.24, 2.45) is 0 Å². The molecule has 0 bridgehead atoms. The molecule has 3 aromatic rings. The van der Waals surface area contributed by atoms with E-state index in [1.165, 1.54) is 18.2 Å². The fourth-order valence-electron chi connectivity index (χ4n) is 2.83. The molecule has 0 aliphatic carbocycles. The fourth-order valence-corrected chi connectivity index (χ4v) is 3.06. The minimum atomic E-state index is -0.545. The molecule has 0 aromatic heterocycles. The molecule has 0 saturated carbocycles. The van der Waals surface area contributed by atoms with Crippen LogP contribution in [-0.4, -0.2) is 11.8 Å². The van der Waals surface area contributed by atoms with Crippen LogP contribution in [0, 0.1) is 12.7 Å². The maximum Gasteiger partial charge on any atom is 0.253 e. The summed E-state index contributed by atoms with van der Waals surface area (Å²) in [6, 6.07) is 18.8. The Kier molecular flexibility index (Phi) is 6.62. The Balaban J connectivity index is 1.68. The number of aryl methyl sites for hydroxylation is 1. The number of amides is 2.